The van der Waals surface area contributed by atoms with Gasteiger partial charge in [-0.1, -0.05) is 0 Å². The third-order valence-electron chi connectivity index (χ3n) is 2.84. The van der Waals surface area contributed by atoms with Gasteiger partial charge in [0.15, 0.2) is 0 Å². The number of carbonyl (C=O) groups is 1. The van der Waals surface area contributed by atoms with Crippen LogP contribution in [0.1, 0.15) is 17.8 Å². The van der Waals surface area contributed by atoms with Crippen molar-refractivity contribution in [3.8, 4) is 0 Å². The van der Waals surface area contributed by atoms with Crippen molar-refractivity contribution in [2.75, 3.05) is 19.6 Å². The number of thiophene rings is 1. The summed E-state index contributed by atoms with van der Waals surface area (Å²) >= 11 is 5.15. The van der Waals surface area contributed by atoms with Gasteiger partial charge in [-0.05, 0) is 35.0 Å². The van der Waals surface area contributed by atoms with Gasteiger partial charge in [0.25, 0.3) is 0 Å². The number of nitrogens with two attached hydrogens (primary N) is 1. The number of halogens is 1. The summed E-state index contributed by atoms with van der Waals surface area (Å²) in [4.78, 5) is 14.8. The lowest BCUT2D eigenvalue weighted by molar-refractivity contribution is -0.125. The van der Waals surface area contributed by atoms with E-state index in [9.17, 15) is 4.79 Å². The zero-order valence-electron chi connectivity index (χ0n) is 9.65. The molecule has 4 nitrogen and oxygen atoms in total. The maximum Gasteiger partial charge on any atom is 0.234 e. The van der Waals surface area contributed by atoms with E-state index in [1.54, 1.807) is 11.3 Å². The predicted octanol–water partition coefficient (Wildman–Crippen LogP) is 1.33. The number of nitrogens with zero attached hydrogens (tertiary/aromatic N) is 1. The number of piperazine rings is 1. The van der Waals surface area contributed by atoms with Crippen LogP contribution in [0, 0.1) is 0 Å². The minimum Gasteiger partial charge on any atom is -0.354 e. The summed E-state index contributed by atoms with van der Waals surface area (Å²) in [6.07, 6.45) is 0. The fourth-order valence-corrected chi connectivity index (χ4v) is 3.83. The number of amides is 1. The minimum atomic E-state index is 0.00597. The van der Waals surface area contributed by atoms with Crippen LogP contribution in [-0.2, 0) is 4.79 Å². The summed E-state index contributed by atoms with van der Waals surface area (Å²) in [6, 6.07) is 4.23. The lowest BCUT2D eigenvalue weighted by Crippen LogP contribution is -2.51. The van der Waals surface area contributed by atoms with Crippen molar-refractivity contribution in [1.82, 2.24) is 10.2 Å². The fourth-order valence-electron chi connectivity index (χ4n) is 2.15. The van der Waals surface area contributed by atoms with Gasteiger partial charge in [0.05, 0.1) is 16.4 Å². The molecule has 6 heteroatoms. The summed E-state index contributed by atoms with van der Waals surface area (Å²) in [5.74, 6) is 0.0810. The van der Waals surface area contributed by atoms with E-state index in [1.807, 2.05) is 13.0 Å². The van der Waals surface area contributed by atoms with Crippen LogP contribution in [-0.4, -0.2) is 36.5 Å². The van der Waals surface area contributed by atoms with E-state index in [0.29, 0.717) is 13.1 Å². The molecule has 0 spiro atoms. The van der Waals surface area contributed by atoms with Crippen molar-refractivity contribution < 1.29 is 4.79 Å². The third kappa shape index (κ3) is 3.07. The van der Waals surface area contributed by atoms with Gasteiger partial charge in [0.2, 0.25) is 5.91 Å². The molecule has 2 heterocycles. The Morgan fingerprint density at radius 1 is 1.59 bits per heavy atom. The molecule has 0 aliphatic carbocycles. The van der Waals surface area contributed by atoms with Crippen LogP contribution in [0.3, 0.4) is 0 Å². The smallest absolute Gasteiger partial charge is 0.234 e. The Balaban J connectivity index is 2.19. The Morgan fingerprint density at radius 3 is 2.88 bits per heavy atom. The van der Waals surface area contributed by atoms with Crippen LogP contribution < -0.4 is 11.1 Å². The van der Waals surface area contributed by atoms with E-state index < -0.39 is 0 Å². The van der Waals surface area contributed by atoms with Gasteiger partial charge in [-0.3, -0.25) is 9.69 Å². The van der Waals surface area contributed by atoms with E-state index in [1.165, 1.54) is 4.88 Å². The van der Waals surface area contributed by atoms with Gasteiger partial charge in [-0.15, -0.1) is 11.3 Å². The second-order valence-corrected chi connectivity index (χ2v) is 6.76. The van der Waals surface area contributed by atoms with Crippen molar-refractivity contribution >= 4 is 33.2 Å². The first-order valence-electron chi connectivity index (χ1n) is 5.59. The quantitative estimate of drug-likeness (QED) is 0.884. The number of hydrogen-bond acceptors (Lipinski definition) is 4. The molecule has 17 heavy (non-hydrogen) atoms. The molecule has 94 valence electrons. The van der Waals surface area contributed by atoms with E-state index in [2.05, 4.69) is 32.2 Å². The average molecular weight is 318 g/mol. The number of rotatable bonds is 3. The first-order chi connectivity index (χ1) is 8.08. The van der Waals surface area contributed by atoms with Crippen LogP contribution in [0.5, 0.6) is 0 Å². The monoisotopic (exact) mass is 317 g/mol. The second kappa shape index (κ2) is 5.48. The van der Waals surface area contributed by atoms with Crippen LogP contribution in [0.4, 0.5) is 0 Å². The van der Waals surface area contributed by atoms with Crippen LogP contribution in [0.15, 0.2) is 15.9 Å². The molecule has 1 fully saturated rings. The number of hydrogen-bond donors (Lipinski definition) is 2. The molecule has 2 unspecified atom stereocenters. The van der Waals surface area contributed by atoms with E-state index in [-0.39, 0.29) is 18.0 Å². The third-order valence-corrected chi connectivity index (χ3v) is 4.54. The molecule has 0 radical (unpaired) electrons. The van der Waals surface area contributed by atoms with Crippen molar-refractivity contribution in [1.29, 1.82) is 0 Å². The van der Waals surface area contributed by atoms with Gasteiger partial charge in [-0.25, -0.2) is 0 Å². The molecule has 1 aliphatic heterocycles. The van der Waals surface area contributed by atoms with E-state index >= 15 is 0 Å². The normalized spacial score (nSPS) is 21.0. The highest BCUT2D eigenvalue weighted by atomic mass is 79.9. The summed E-state index contributed by atoms with van der Waals surface area (Å²) in [5, 5.41) is 2.84. The number of carbonyl (C=O) groups excluding carboxylic acids is 1. The zero-order valence-corrected chi connectivity index (χ0v) is 12.1. The molecule has 2 rings (SSSR count). The van der Waals surface area contributed by atoms with Gasteiger partial charge >= 0.3 is 0 Å². The minimum absolute atomic E-state index is 0.00597. The Morgan fingerprint density at radius 2 is 2.35 bits per heavy atom. The highest BCUT2D eigenvalue weighted by Crippen LogP contribution is 2.32. The lowest BCUT2D eigenvalue weighted by atomic mass is 10.1. The molecule has 1 aliphatic rings. The standard InChI is InChI=1S/C11H16BrN3OS/c1-7(13)11(8-2-3-9(12)17-8)15-5-4-14-10(16)6-15/h2-3,7,11H,4-6,13H2,1H3,(H,14,16). The Hall–Kier alpha value is -0.430. The van der Waals surface area contributed by atoms with Gasteiger partial charge in [-0.2, -0.15) is 0 Å². The summed E-state index contributed by atoms with van der Waals surface area (Å²) in [6.45, 7) is 3.98. The first-order valence-corrected chi connectivity index (χ1v) is 7.20. The molecule has 2 atom stereocenters. The van der Waals surface area contributed by atoms with Gasteiger partial charge in [0.1, 0.15) is 0 Å². The Bertz CT molecular complexity index is 407. The second-order valence-electron chi connectivity index (χ2n) is 4.27. The maximum atomic E-state index is 11.4. The van der Waals surface area contributed by atoms with Crippen molar-refractivity contribution in [2.45, 2.75) is 19.0 Å². The van der Waals surface area contributed by atoms with E-state index in [4.69, 9.17) is 5.73 Å². The van der Waals surface area contributed by atoms with Crippen LogP contribution >= 0.6 is 27.3 Å². The Labute approximate surface area is 113 Å². The molecule has 1 aromatic heterocycles. The average Bonchev–Trinajstić information content (AvgIpc) is 2.64. The summed E-state index contributed by atoms with van der Waals surface area (Å²) in [5.41, 5.74) is 6.07. The topological polar surface area (TPSA) is 58.4 Å². The van der Waals surface area contributed by atoms with Crippen LogP contribution in [0.2, 0.25) is 0 Å². The largest absolute Gasteiger partial charge is 0.354 e. The molecule has 0 bridgehead atoms. The molecular formula is C11H16BrN3OS. The SMILES string of the molecule is CC(N)C(c1ccc(Br)s1)N1CCNC(=O)C1. The predicted molar refractivity (Wildman–Crippen MR) is 73.0 cm³/mol. The number of nitrogens with one attached hydrogen (secondary N) is 1. The van der Waals surface area contributed by atoms with Crippen molar-refractivity contribution in [3.63, 3.8) is 0 Å². The van der Waals surface area contributed by atoms with Crippen molar-refractivity contribution in [3.05, 3.63) is 20.8 Å². The zero-order chi connectivity index (χ0) is 12.4. The molecule has 0 saturated carbocycles. The Kier molecular flexibility index (Phi) is 4.19. The van der Waals surface area contributed by atoms with Crippen LogP contribution in [0.25, 0.3) is 0 Å². The van der Waals surface area contributed by atoms with Gasteiger partial charge < -0.3 is 11.1 Å². The lowest BCUT2D eigenvalue weighted by Gasteiger charge is -2.35. The highest BCUT2D eigenvalue weighted by molar-refractivity contribution is 9.11. The first kappa shape index (κ1) is 13.0. The van der Waals surface area contributed by atoms with Crippen molar-refractivity contribution in [2.24, 2.45) is 5.73 Å². The molecule has 3 N–H and O–H groups in total. The fraction of sp³-hybridized carbons (Fsp3) is 0.545. The summed E-state index contributed by atoms with van der Waals surface area (Å²) in [7, 11) is 0. The molecule has 1 saturated heterocycles. The molecule has 1 aromatic rings. The molecule has 1 amide bonds. The molecule has 0 aromatic carbocycles. The van der Waals surface area contributed by atoms with E-state index in [0.717, 1.165) is 10.3 Å². The highest BCUT2D eigenvalue weighted by Gasteiger charge is 2.29. The molecular weight excluding hydrogens is 302 g/mol. The summed E-state index contributed by atoms with van der Waals surface area (Å²) < 4.78 is 1.10. The van der Waals surface area contributed by atoms with Gasteiger partial charge in [0, 0.05) is 24.0 Å². The maximum absolute atomic E-state index is 11.4.